The number of carbonyl (C=O) groups excluding carboxylic acids is 1. The standard InChI is InChI=1S/C16H20N4OS/c1-11(2)20-10-17-19-16(20)22-9-15(21)18-14-8-13(14)12-6-4-3-5-7-12/h3-7,10-11,13-14H,8-9H2,1-2H3,(H,18,21). The lowest BCUT2D eigenvalue weighted by Gasteiger charge is -2.09. The maximum absolute atomic E-state index is 12.1. The Morgan fingerprint density at radius 1 is 1.41 bits per heavy atom. The van der Waals surface area contributed by atoms with Crippen molar-refractivity contribution in [2.75, 3.05) is 5.75 Å². The van der Waals surface area contributed by atoms with Gasteiger partial charge in [0.25, 0.3) is 0 Å². The third-order valence-electron chi connectivity index (χ3n) is 3.79. The summed E-state index contributed by atoms with van der Waals surface area (Å²) >= 11 is 1.43. The number of nitrogens with zero attached hydrogens (tertiary/aromatic N) is 3. The minimum absolute atomic E-state index is 0.0618. The van der Waals surface area contributed by atoms with Gasteiger partial charge in [-0.15, -0.1) is 10.2 Å². The summed E-state index contributed by atoms with van der Waals surface area (Å²) in [6.45, 7) is 4.14. The topological polar surface area (TPSA) is 59.8 Å². The van der Waals surface area contributed by atoms with Crippen LogP contribution in [0.2, 0.25) is 0 Å². The second kappa shape index (κ2) is 6.52. The molecule has 1 saturated carbocycles. The van der Waals surface area contributed by atoms with Gasteiger partial charge < -0.3 is 9.88 Å². The highest BCUT2D eigenvalue weighted by atomic mass is 32.2. The first-order valence-corrected chi connectivity index (χ1v) is 8.50. The van der Waals surface area contributed by atoms with Crippen LogP contribution >= 0.6 is 11.8 Å². The molecule has 0 bridgehead atoms. The van der Waals surface area contributed by atoms with Crippen molar-refractivity contribution in [2.24, 2.45) is 0 Å². The number of amides is 1. The zero-order valence-electron chi connectivity index (χ0n) is 12.8. The lowest BCUT2D eigenvalue weighted by molar-refractivity contribution is -0.118. The zero-order valence-corrected chi connectivity index (χ0v) is 13.6. The molecule has 5 nitrogen and oxygen atoms in total. The van der Waals surface area contributed by atoms with Crippen LogP contribution in [0, 0.1) is 0 Å². The molecule has 1 heterocycles. The number of thioether (sulfide) groups is 1. The van der Waals surface area contributed by atoms with Gasteiger partial charge in [0.05, 0.1) is 5.75 Å². The van der Waals surface area contributed by atoms with Crippen LogP contribution in [0.4, 0.5) is 0 Å². The predicted molar refractivity (Wildman–Crippen MR) is 86.9 cm³/mol. The summed E-state index contributed by atoms with van der Waals surface area (Å²) in [7, 11) is 0. The number of benzene rings is 1. The quantitative estimate of drug-likeness (QED) is 0.832. The Labute approximate surface area is 134 Å². The fourth-order valence-corrected chi connectivity index (χ4v) is 3.35. The molecule has 6 heteroatoms. The summed E-state index contributed by atoms with van der Waals surface area (Å²) in [5, 5.41) is 11.9. The molecule has 0 saturated heterocycles. The summed E-state index contributed by atoms with van der Waals surface area (Å²) in [6, 6.07) is 10.9. The molecule has 1 aliphatic rings. The van der Waals surface area contributed by atoms with Crippen molar-refractivity contribution in [2.45, 2.75) is 43.4 Å². The van der Waals surface area contributed by atoms with Gasteiger partial charge in [-0.05, 0) is 25.8 Å². The van der Waals surface area contributed by atoms with Gasteiger partial charge in [0.2, 0.25) is 5.91 Å². The molecule has 1 fully saturated rings. The summed E-state index contributed by atoms with van der Waals surface area (Å²) in [4.78, 5) is 12.1. The van der Waals surface area contributed by atoms with Gasteiger partial charge in [-0.3, -0.25) is 4.79 Å². The molecule has 3 rings (SSSR count). The Hall–Kier alpha value is -1.82. The first-order valence-electron chi connectivity index (χ1n) is 7.51. The monoisotopic (exact) mass is 316 g/mol. The maximum atomic E-state index is 12.1. The van der Waals surface area contributed by atoms with E-state index in [0.29, 0.717) is 17.7 Å². The highest BCUT2D eigenvalue weighted by Crippen LogP contribution is 2.40. The Morgan fingerprint density at radius 2 is 2.18 bits per heavy atom. The maximum Gasteiger partial charge on any atom is 0.230 e. The number of hydrogen-bond acceptors (Lipinski definition) is 4. The highest BCUT2D eigenvalue weighted by Gasteiger charge is 2.39. The van der Waals surface area contributed by atoms with Crippen molar-refractivity contribution in [3.8, 4) is 0 Å². The first-order chi connectivity index (χ1) is 10.6. The van der Waals surface area contributed by atoms with Crippen LogP contribution in [0.3, 0.4) is 0 Å². The van der Waals surface area contributed by atoms with E-state index in [4.69, 9.17) is 0 Å². The summed E-state index contributed by atoms with van der Waals surface area (Å²) in [6.07, 6.45) is 2.74. The van der Waals surface area contributed by atoms with Crippen LogP contribution in [0.25, 0.3) is 0 Å². The average molecular weight is 316 g/mol. The fraction of sp³-hybridized carbons (Fsp3) is 0.438. The molecule has 116 valence electrons. The Balaban J connectivity index is 1.47. The van der Waals surface area contributed by atoms with E-state index >= 15 is 0 Å². The molecule has 1 aromatic carbocycles. The Bertz CT molecular complexity index is 641. The number of rotatable bonds is 6. The molecule has 0 spiro atoms. The fourth-order valence-electron chi connectivity index (χ4n) is 2.49. The molecule has 22 heavy (non-hydrogen) atoms. The average Bonchev–Trinajstić information content (AvgIpc) is 3.10. The zero-order chi connectivity index (χ0) is 15.5. The van der Waals surface area contributed by atoms with Gasteiger partial charge >= 0.3 is 0 Å². The Kier molecular flexibility index (Phi) is 4.47. The highest BCUT2D eigenvalue weighted by molar-refractivity contribution is 7.99. The van der Waals surface area contributed by atoms with Crippen LogP contribution in [0.1, 0.15) is 37.8 Å². The largest absolute Gasteiger partial charge is 0.352 e. The van der Waals surface area contributed by atoms with Crippen molar-refractivity contribution in [1.82, 2.24) is 20.1 Å². The predicted octanol–water partition coefficient (Wildman–Crippen LogP) is 2.62. The third kappa shape index (κ3) is 3.50. The minimum Gasteiger partial charge on any atom is -0.352 e. The molecule has 1 aliphatic carbocycles. The SMILES string of the molecule is CC(C)n1cnnc1SCC(=O)NC1CC1c1ccccc1. The minimum atomic E-state index is 0.0618. The second-order valence-corrected chi connectivity index (χ2v) is 6.77. The van der Waals surface area contributed by atoms with Gasteiger partial charge in [0.15, 0.2) is 5.16 Å². The normalized spacial score (nSPS) is 20.1. The van der Waals surface area contributed by atoms with Crippen molar-refractivity contribution in [1.29, 1.82) is 0 Å². The van der Waals surface area contributed by atoms with E-state index in [2.05, 4.69) is 41.5 Å². The molecule has 0 aliphatic heterocycles. The molecule has 1 aromatic heterocycles. The number of nitrogens with one attached hydrogen (secondary N) is 1. The van der Waals surface area contributed by atoms with Gasteiger partial charge in [-0.25, -0.2) is 0 Å². The number of carbonyl (C=O) groups is 1. The van der Waals surface area contributed by atoms with Crippen molar-refractivity contribution in [3.05, 3.63) is 42.2 Å². The smallest absolute Gasteiger partial charge is 0.230 e. The molecule has 2 unspecified atom stereocenters. The van der Waals surface area contributed by atoms with E-state index < -0.39 is 0 Å². The van der Waals surface area contributed by atoms with Crippen LogP contribution in [-0.2, 0) is 4.79 Å². The molecule has 2 atom stereocenters. The van der Waals surface area contributed by atoms with Crippen LogP contribution in [0.5, 0.6) is 0 Å². The number of aromatic nitrogens is 3. The van der Waals surface area contributed by atoms with E-state index in [1.54, 1.807) is 6.33 Å². The third-order valence-corrected chi connectivity index (χ3v) is 4.75. The molecule has 1 N–H and O–H groups in total. The number of hydrogen-bond donors (Lipinski definition) is 1. The first kappa shape index (κ1) is 15.1. The van der Waals surface area contributed by atoms with Crippen LogP contribution in [-0.4, -0.2) is 32.5 Å². The van der Waals surface area contributed by atoms with Crippen molar-refractivity contribution >= 4 is 17.7 Å². The Morgan fingerprint density at radius 3 is 2.91 bits per heavy atom. The lowest BCUT2D eigenvalue weighted by atomic mass is 10.1. The molecular weight excluding hydrogens is 296 g/mol. The van der Waals surface area contributed by atoms with E-state index in [1.807, 2.05) is 22.8 Å². The van der Waals surface area contributed by atoms with E-state index in [1.165, 1.54) is 17.3 Å². The van der Waals surface area contributed by atoms with Gasteiger partial charge in [0.1, 0.15) is 6.33 Å². The van der Waals surface area contributed by atoms with Crippen LogP contribution < -0.4 is 5.32 Å². The summed E-state index contributed by atoms with van der Waals surface area (Å²) < 4.78 is 1.97. The summed E-state index contributed by atoms with van der Waals surface area (Å²) in [5.41, 5.74) is 1.31. The molecule has 0 radical (unpaired) electrons. The molecule has 1 amide bonds. The van der Waals surface area contributed by atoms with E-state index in [-0.39, 0.29) is 11.9 Å². The van der Waals surface area contributed by atoms with Crippen molar-refractivity contribution in [3.63, 3.8) is 0 Å². The second-order valence-electron chi connectivity index (χ2n) is 5.83. The van der Waals surface area contributed by atoms with Gasteiger partial charge in [-0.2, -0.15) is 0 Å². The van der Waals surface area contributed by atoms with Gasteiger partial charge in [-0.1, -0.05) is 42.1 Å². The summed E-state index contributed by atoms with van der Waals surface area (Å²) in [5.74, 6) is 0.907. The van der Waals surface area contributed by atoms with E-state index in [9.17, 15) is 4.79 Å². The molecule has 2 aromatic rings. The lowest BCUT2D eigenvalue weighted by Crippen LogP contribution is -2.28. The van der Waals surface area contributed by atoms with E-state index in [0.717, 1.165) is 11.6 Å². The van der Waals surface area contributed by atoms with Gasteiger partial charge in [0, 0.05) is 18.0 Å². The molecular formula is C16H20N4OS. The van der Waals surface area contributed by atoms with Crippen LogP contribution in [0.15, 0.2) is 41.8 Å². The van der Waals surface area contributed by atoms with Crippen molar-refractivity contribution < 1.29 is 4.79 Å².